The van der Waals surface area contributed by atoms with E-state index in [1.54, 1.807) is 14.2 Å². The van der Waals surface area contributed by atoms with Crippen molar-refractivity contribution < 1.29 is 19.1 Å². The van der Waals surface area contributed by atoms with Gasteiger partial charge in [-0.05, 0) is 117 Å². The summed E-state index contributed by atoms with van der Waals surface area (Å²) in [6.07, 6.45) is 1.92. The van der Waals surface area contributed by atoms with Crippen LogP contribution in [0.2, 0.25) is 10.0 Å². The molecule has 0 radical (unpaired) electrons. The van der Waals surface area contributed by atoms with Crippen LogP contribution >= 0.6 is 23.2 Å². The highest BCUT2D eigenvalue weighted by molar-refractivity contribution is 6.33. The molecule has 3 aliphatic heterocycles. The van der Waals surface area contributed by atoms with Crippen molar-refractivity contribution in [1.29, 1.82) is 0 Å². The van der Waals surface area contributed by atoms with E-state index in [4.69, 9.17) is 37.7 Å². The Kier molecular flexibility index (Phi) is 9.34. The molecule has 0 N–H and O–H groups in total. The number of benzene rings is 4. The van der Waals surface area contributed by atoms with Crippen molar-refractivity contribution in [2.45, 2.75) is 59.5 Å². The fraction of sp³-hybridized carbons (Fsp3) is 0.310. The van der Waals surface area contributed by atoms with Crippen LogP contribution in [0, 0.1) is 10.8 Å². The number of ether oxygens (including phenoxy) is 2. The van der Waals surface area contributed by atoms with Crippen LogP contribution in [-0.2, 0) is 9.59 Å². The number of amides is 2. The van der Waals surface area contributed by atoms with E-state index in [0.29, 0.717) is 58.6 Å². The third kappa shape index (κ3) is 5.21. The molecular weight excluding hydrogens is 695 g/mol. The van der Waals surface area contributed by atoms with Gasteiger partial charge in [-0.15, -0.1) is 0 Å². The molecule has 0 aromatic heterocycles. The highest BCUT2D eigenvalue weighted by Crippen LogP contribution is 2.59. The molecule has 2 fully saturated rings. The monoisotopic (exact) mass is 736 g/mol. The molecule has 0 spiro atoms. The number of carbonyl (C=O) groups is 2. The van der Waals surface area contributed by atoms with Gasteiger partial charge in [0.2, 0.25) is 11.8 Å². The van der Waals surface area contributed by atoms with Gasteiger partial charge in [-0.2, -0.15) is 0 Å². The van der Waals surface area contributed by atoms with Gasteiger partial charge in [-0.25, -0.2) is 4.99 Å². The van der Waals surface area contributed by atoms with Crippen LogP contribution in [0.4, 0.5) is 22.7 Å². The van der Waals surface area contributed by atoms with Crippen LogP contribution in [-0.4, -0.2) is 37.9 Å². The number of aliphatic imine (C=N–C) groups is 1. The second kappa shape index (κ2) is 13.6. The SMILES string of the molecule is CCC1(CC)C(=O)N(c2ccc(OC)cc2)/C1=C1/C(=Nc2ccc(Cl)cc2)c2cc(Cl)ccc2N1C1N(c2ccc(OC)cc2)C(=O)C1(CC)CC. The second-order valence-electron chi connectivity index (χ2n) is 13.4. The molecule has 0 aliphatic carbocycles. The highest BCUT2D eigenvalue weighted by Gasteiger charge is 2.65. The topological polar surface area (TPSA) is 74.7 Å². The molecule has 4 aromatic rings. The minimum Gasteiger partial charge on any atom is -0.497 e. The normalized spacial score (nSPS) is 20.9. The van der Waals surface area contributed by atoms with Crippen molar-refractivity contribution in [2.75, 3.05) is 28.9 Å². The van der Waals surface area contributed by atoms with E-state index in [2.05, 4.69) is 32.6 Å². The maximum Gasteiger partial charge on any atom is 0.243 e. The number of carbonyl (C=O) groups excluding carboxylic acids is 2. The summed E-state index contributed by atoms with van der Waals surface area (Å²) in [4.78, 5) is 40.4. The summed E-state index contributed by atoms with van der Waals surface area (Å²) < 4.78 is 10.9. The Bertz CT molecular complexity index is 2090. The molecule has 2 saturated heterocycles. The minimum absolute atomic E-state index is 0.0129. The molecule has 10 heteroatoms. The number of halogens is 2. The zero-order chi connectivity index (χ0) is 36.9. The summed E-state index contributed by atoms with van der Waals surface area (Å²) >= 11 is 13.1. The Morgan fingerprint density at radius 2 is 1.23 bits per heavy atom. The van der Waals surface area contributed by atoms with Crippen LogP contribution in [0.15, 0.2) is 107 Å². The third-order valence-electron chi connectivity index (χ3n) is 11.3. The first-order valence-corrected chi connectivity index (χ1v) is 18.5. The third-order valence-corrected chi connectivity index (χ3v) is 11.8. The summed E-state index contributed by atoms with van der Waals surface area (Å²) in [6.45, 7) is 8.27. The lowest BCUT2D eigenvalue weighted by atomic mass is 9.67. The molecule has 52 heavy (non-hydrogen) atoms. The maximum absolute atomic E-state index is 14.6. The Hall–Kier alpha value is -4.79. The molecule has 8 nitrogen and oxygen atoms in total. The van der Waals surface area contributed by atoms with Crippen LogP contribution in [0.1, 0.15) is 58.9 Å². The number of hydrogen-bond acceptors (Lipinski definition) is 6. The van der Waals surface area contributed by atoms with E-state index in [-0.39, 0.29) is 11.8 Å². The fourth-order valence-corrected chi connectivity index (χ4v) is 8.51. The molecule has 2 amide bonds. The van der Waals surface area contributed by atoms with E-state index in [1.165, 1.54) is 0 Å². The van der Waals surface area contributed by atoms with Gasteiger partial charge in [-0.3, -0.25) is 19.4 Å². The van der Waals surface area contributed by atoms with E-state index >= 15 is 0 Å². The van der Waals surface area contributed by atoms with E-state index in [1.807, 2.05) is 101 Å². The first-order valence-electron chi connectivity index (χ1n) is 17.8. The van der Waals surface area contributed by atoms with E-state index in [9.17, 15) is 9.59 Å². The predicted octanol–water partition coefficient (Wildman–Crippen LogP) is 10.2. The minimum atomic E-state index is -0.820. The van der Waals surface area contributed by atoms with Crippen LogP contribution in [0.25, 0.3) is 0 Å². The number of hydrogen-bond donors (Lipinski definition) is 0. The van der Waals surface area contributed by atoms with Crippen molar-refractivity contribution in [1.82, 2.24) is 0 Å². The summed E-state index contributed by atoms with van der Waals surface area (Å²) in [5.74, 6) is 1.45. The average Bonchev–Trinajstić information content (AvgIpc) is 3.45. The molecule has 4 aromatic carbocycles. The van der Waals surface area contributed by atoms with Crippen LogP contribution in [0.5, 0.6) is 11.5 Å². The quantitative estimate of drug-likeness (QED) is 0.152. The Morgan fingerprint density at radius 3 is 1.77 bits per heavy atom. The van der Waals surface area contributed by atoms with Gasteiger partial charge in [0, 0.05) is 27.0 Å². The molecule has 268 valence electrons. The number of anilines is 3. The lowest BCUT2D eigenvalue weighted by molar-refractivity contribution is -0.140. The number of allylic oxidation sites excluding steroid dienone is 1. The standard InChI is InChI=1S/C42H42Cl2N4O4/c1-7-41(8-2)37(46(39(41)49)29-16-20-31(51-5)21-17-29)36-35(45-28-14-11-26(43)12-15-28)33-25-27(44)13-24-34(33)48(36)38-42(9-3,10-4)40(50)47(38)30-18-22-32(52-6)23-19-30/h11-25,38H,7-10H2,1-6H3/b37-36-,45-35?. The number of methoxy groups -OCH3 is 2. The molecular formula is C42H42Cl2N4O4. The van der Waals surface area contributed by atoms with E-state index in [0.717, 1.165) is 34.0 Å². The van der Waals surface area contributed by atoms with Crippen molar-refractivity contribution in [3.05, 3.63) is 118 Å². The Labute approximate surface area is 315 Å². The molecule has 0 saturated carbocycles. The van der Waals surface area contributed by atoms with Gasteiger partial charge in [-0.1, -0.05) is 50.9 Å². The van der Waals surface area contributed by atoms with Crippen molar-refractivity contribution >= 4 is 63.5 Å². The van der Waals surface area contributed by atoms with E-state index < -0.39 is 17.0 Å². The highest BCUT2D eigenvalue weighted by atomic mass is 35.5. The summed E-state index contributed by atoms with van der Waals surface area (Å²) in [5, 5.41) is 1.15. The second-order valence-corrected chi connectivity index (χ2v) is 14.3. The Balaban J connectivity index is 1.57. The zero-order valence-corrected chi connectivity index (χ0v) is 31.8. The van der Waals surface area contributed by atoms with Crippen molar-refractivity contribution in [3.63, 3.8) is 0 Å². The largest absolute Gasteiger partial charge is 0.497 e. The molecule has 3 aliphatic rings. The van der Waals surface area contributed by atoms with Gasteiger partial charge in [0.05, 0.1) is 53.5 Å². The summed E-state index contributed by atoms with van der Waals surface area (Å²) in [5.41, 5.74) is 4.56. The predicted molar refractivity (Wildman–Crippen MR) is 209 cm³/mol. The van der Waals surface area contributed by atoms with Crippen LogP contribution < -0.4 is 24.2 Å². The lowest BCUT2D eigenvalue weighted by Crippen LogP contribution is -2.75. The summed E-state index contributed by atoms with van der Waals surface area (Å²) in [6, 6.07) is 28.3. The molecule has 1 atom stereocenters. The number of fused-ring (bicyclic) bond motifs is 1. The fourth-order valence-electron chi connectivity index (χ4n) is 8.21. The maximum atomic E-state index is 14.6. The Morgan fingerprint density at radius 1 is 0.673 bits per heavy atom. The first kappa shape index (κ1) is 35.6. The zero-order valence-electron chi connectivity index (χ0n) is 30.2. The number of nitrogens with zero attached hydrogens (tertiary/aromatic N) is 4. The average molecular weight is 738 g/mol. The first-order chi connectivity index (χ1) is 25.1. The van der Waals surface area contributed by atoms with Crippen molar-refractivity contribution in [2.24, 2.45) is 15.8 Å². The molecule has 1 unspecified atom stereocenters. The van der Waals surface area contributed by atoms with Gasteiger partial charge in [0.15, 0.2) is 0 Å². The van der Waals surface area contributed by atoms with Crippen LogP contribution in [0.3, 0.4) is 0 Å². The van der Waals surface area contributed by atoms with Crippen molar-refractivity contribution in [3.8, 4) is 11.5 Å². The molecule has 7 rings (SSSR count). The lowest BCUT2D eigenvalue weighted by Gasteiger charge is -2.60. The smallest absolute Gasteiger partial charge is 0.243 e. The van der Waals surface area contributed by atoms with Gasteiger partial charge >= 0.3 is 0 Å². The summed E-state index contributed by atoms with van der Waals surface area (Å²) in [7, 11) is 3.25. The number of β-lactam (4-membered cyclic amide) rings is 2. The van der Waals surface area contributed by atoms with Gasteiger partial charge in [0.1, 0.15) is 17.7 Å². The number of rotatable bonds is 10. The molecule has 0 bridgehead atoms. The van der Waals surface area contributed by atoms with Gasteiger partial charge < -0.3 is 14.4 Å². The van der Waals surface area contributed by atoms with Gasteiger partial charge in [0.25, 0.3) is 0 Å². The molecule has 3 heterocycles.